The molecule has 30 heavy (non-hydrogen) atoms. The van der Waals surface area contributed by atoms with Crippen LogP contribution in [-0.4, -0.2) is 30.5 Å². The predicted octanol–water partition coefficient (Wildman–Crippen LogP) is 6.19. The minimum Gasteiger partial charge on any atom is -0.377 e. The normalized spacial score (nSPS) is 13.0. The lowest BCUT2D eigenvalue weighted by Gasteiger charge is -2.17. The maximum Gasteiger partial charge on any atom is 0.189 e. The van der Waals surface area contributed by atoms with Gasteiger partial charge in [-0.2, -0.15) is 0 Å². The van der Waals surface area contributed by atoms with Crippen LogP contribution in [0, 0.1) is 0 Å². The average molecular weight is 433 g/mol. The van der Waals surface area contributed by atoms with E-state index in [4.69, 9.17) is 9.92 Å². The summed E-state index contributed by atoms with van der Waals surface area (Å²) in [6, 6.07) is 12.1. The second-order valence-corrected chi connectivity index (χ2v) is 10.3. The summed E-state index contributed by atoms with van der Waals surface area (Å²) in [6.07, 6.45) is 10.8. The van der Waals surface area contributed by atoms with Crippen molar-refractivity contribution in [2.45, 2.75) is 82.1 Å². The van der Waals surface area contributed by atoms with Crippen molar-refractivity contribution in [1.29, 1.82) is 0 Å². The Balaban J connectivity index is 1.68. The zero-order valence-electron chi connectivity index (χ0n) is 19.3. The molecule has 0 radical (unpaired) electrons. The SMILES string of the molecule is CN(C)c1cccc2cccc(S(=O)OCCCCCCCCCCC(C)(C)N)c12. The zero-order chi connectivity index (χ0) is 22.0. The molecule has 0 bridgehead atoms. The number of benzene rings is 2. The number of nitrogens with two attached hydrogens (primary N) is 1. The van der Waals surface area contributed by atoms with Crippen LogP contribution in [0.4, 0.5) is 5.69 Å². The summed E-state index contributed by atoms with van der Waals surface area (Å²) >= 11 is -1.44. The van der Waals surface area contributed by atoms with E-state index in [1.807, 2.05) is 32.3 Å². The van der Waals surface area contributed by atoms with Crippen LogP contribution in [-0.2, 0) is 15.3 Å². The third-order valence-corrected chi connectivity index (χ3v) is 6.49. The van der Waals surface area contributed by atoms with E-state index in [1.165, 1.54) is 38.5 Å². The molecule has 0 saturated carbocycles. The van der Waals surface area contributed by atoms with Crippen molar-refractivity contribution < 1.29 is 8.39 Å². The van der Waals surface area contributed by atoms with Gasteiger partial charge < -0.3 is 10.6 Å². The van der Waals surface area contributed by atoms with Gasteiger partial charge in [-0.3, -0.25) is 4.18 Å². The molecule has 2 aromatic carbocycles. The molecule has 5 heteroatoms. The molecule has 2 aromatic rings. The summed E-state index contributed by atoms with van der Waals surface area (Å²) in [5.74, 6) is 0. The van der Waals surface area contributed by atoms with Crippen LogP contribution in [0.1, 0.15) is 71.6 Å². The van der Waals surface area contributed by atoms with E-state index in [2.05, 4.69) is 36.9 Å². The lowest BCUT2D eigenvalue weighted by Crippen LogP contribution is -2.31. The van der Waals surface area contributed by atoms with Crippen molar-refractivity contribution in [3.63, 3.8) is 0 Å². The molecule has 4 nitrogen and oxygen atoms in total. The second kappa shape index (κ2) is 12.4. The first-order valence-electron chi connectivity index (χ1n) is 11.3. The lowest BCUT2D eigenvalue weighted by atomic mass is 9.97. The summed E-state index contributed by atoms with van der Waals surface area (Å²) in [6.45, 7) is 4.74. The molecule has 0 aliphatic rings. The molecular weight excluding hydrogens is 392 g/mol. The van der Waals surface area contributed by atoms with Crippen LogP contribution in [0.25, 0.3) is 10.8 Å². The smallest absolute Gasteiger partial charge is 0.189 e. The van der Waals surface area contributed by atoms with E-state index in [-0.39, 0.29) is 5.54 Å². The lowest BCUT2D eigenvalue weighted by molar-refractivity contribution is 0.332. The standard InChI is InChI=1S/C25H40N2O2S/c1-25(2,26)19-11-9-7-5-6-8-10-12-20-29-30(28)23-18-14-16-21-15-13-17-22(24(21)23)27(3)4/h13-18H,5-12,19-20,26H2,1-4H3. The molecule has 0 aromatic heterocycles. The molecule has 0 spiro atoms. The van der Waals surface area contributed by atoms with Gasteiger partial charge in [-0.25, -0.2) is 4.21 Å². The van der Waals surface area contributed by atoms with E-state index >= 15 is 0 Å². The fraction of sp³-hybridized carbons (Fsp3) is 0.600. The monoisotopic (exact) mass is 432 g/mol. The third kappa shape index (κ3) is 8.37. The Kier molecular flexibility index (Phi) is 10.3. The van der Waals surface area contributed by atoms with E-state index in [0.717, 1.165) is 40.6 Å². The fourth-order valence-corrected chi connectivity index (χ4v) is 4.72. The minimum atomic E-state index is -1.44. The van der Waals surface area contributed by atoms with Crippen molar-refractivity contribution in [2.24, 2.45) is 5.73 Å². The van der Waals surface area contributed by atoms with Crippen LogP contribution in [0.2, 0.25) is 0 Å². The Morgan fingerprint density at radius 1 is 0.900 bits per heavy atom. The molecule has 0 heterocycles. The van der Waals surface area contributed by atoms with Crippen molar-refractivity contribution in [3.8, 4) is 0 Å². The predicted molar refractivity (Wildman–Crippen MR) is 130 cm³/mol. The van der Waals surface area contributed by atoms with Gasteiger partial charge in [0.25, 0.3) is 0 Å². The summed E-state index contributed by atoms with van der Waals surface area (Å²) in [4.78, 5) is 2.82. The fourth-order valence-electron chi connectivity index (χ4n) is 3.74. The van der Waals surface area contributed by atoms with Crippen LogP contribution >= 0.6 is 0 Å². The summed E-state index contributed by atoms with van der Waals surface area (Å²) in [7, 11) is 4.02. The van der Waals surface area contributed by atoms with Crippen molar-refractivity contribution in [1.82, 2.24) is 0 Å². The zero-order valence-corrected chi connectivity index (χ0v) is 20.1. The summed E-state index contributed by atoms with van der Waals surface area (Å²) in [5.41, 5.74) is 7.05. The maximum atomic E-state index is 12.8. The number of hydrogen-bond donors (Lipinski definition) is 1. The molecular formula is C25H40N2O2S. The van der Waals surface area contributed by atoms with Crippen LogP contribution < -0.4 is 10.6 Å². The van der Waals surface area contributed by atoms with Gasteiger partial charge in [0.15, 0.2) is 11.1 Å². The Labute approximate surface area is 185 Å². The molecule has 0 aliphatic carbocycles. The number of fused-ring (bicyclic) bond motifs is 1. The molecule has 168 valence electrons. The maximum absolute atomic E-state index is 12.8. The van der Waals surface area contributed by atoms with Crippen molar-refractivity contribution in [2.75, 3.05) is 25.6 Å². The van der Waals surface area contributed by atoms with E-state index in [9.17, 15) is 4.21 Å². The molecule has 2 rings (SSSR count). The Hall–Kier alpha value is -1.43. The van der Waals surface area contributed by atoms with Crippen LogP contribution in [0.3, 0.4) is 0 Å². The molecule has 2 N–H and O–H groups in total. The average Bonchev–Trinajstić information content (AvgIpc) is 2.70. The first kappa shape index (κ1) is 24.8. The van der Waals surface area contributed by atoms with E-state index in [1.54, 1.807) is 0 Å². The Morgan fingerprint density at radius 3 is 2.07 bits per heavy atom. The third-order valence-electron chi connectivity index (χ3n) is 5.41. The largest absolute Gasteiger partial charge is 0.377 e. The number of anilines is 1. The van der Waals surface area contributed by atoms with E-state index < -0.39 is 11.1 Å². The Morgan fingerprint density at radius 2 is 1.47 bits per heavy atom. The highest BCUT2D eigenvalue weighted by Crippen LogP contribution is 2.31. The van der Waals surface area contributed by atoms with Gasteiger partial charge in [-0.15, -0.1) is 0 Å². The van der Waals surface area contributed by atoms with Gasteiger partial charge in [0, 0.05) is 30.7 Å². The van der Waals surface area contributed by atoms with Gasteiger partial charge in [0.2, 0.25) is 0 Å². The quantitative estimate of drug-likeness (QED) is 0.361. The Bertz CT molecular complexity index is 794. The number of rotatable bonds is 14. The minimum absolute atomic E-state index is 0.0276. The highest BCUT2D eigenvalue weighted by molar-refractivity contribution is 7.80. The van der Waals surface area contributed by atoms with Gasteiger partial charge in [0.05, 0.1) is 11.5 Å². The summed E-state index contributed by atoms with van der Waals surface area (Å²) in [5, 5.41) is 2.10. The topological polar surface area (TPSA) is 55.6 Å². The molecule has 1 unspecified atom stereocenters. The molecule has 1 atom stereocenters. The molecule has 0 aliphatic heterocycles. The number of unbranched alkanes of at least 4 members (excludes halogenated alkanes) is 7. The van der Waals surface area contributed by atoms with E-state index in [0.29, 0.717) is 6.61 Å². The number of nitrogens with zero attached hydrogens (tertiary/aromatic N) is 1. The first-order valence-corrected chi connectivity index (χ1v) is 12.4. The molecule has 0 amide bonds. The van der Waals surface area contributed by atoms with Gasteiger partial charge >= 0.3 is 0 Å². The van der Waals surface area contributed by atoms with Crippen LogP contribution in [0.15, 0.2) is 41.3 Å². The molecule has 0 saturated heterocycles. The van der Waals surface area contributed by atoms with Gasteiger partial charge in [-0.05, 0) is 44.2 Å². The molecule has 0 fully saturated rings. The van der Waals surface area contributed by atoms with Crippen molar-refractivity contribution in [3.05, 3.63) is 36.4 Å². The summed E-state index contributed by atoms with van der Waals surface area (Å²) < 4.78 is 18.5. The first-order chi connectivity index (χ1) is 14.3. The highest BCUT2D eigenvalue weighted by atomic mass is 32.2. The number of hydrogen-bond acceptors (Lipinski definition) is 4. The second-order valence-electron chi connectivity index (χ2n) is 9.15. The van der Waals surface area contributed by atoms with Crippen LogP contribution in [0.5, 0.6) is 0 Å². The highest BCUT2D eigenvalue weighted by Gasteiger charge is 2.14. The van der Waals surface area contributed by atoms with Gasteiger partial charge in [0.1, 0.15) is 0 Å². The van der Waals surface area contributed by atoms with Gasteiger partial charge in [-0.1, -0.05) is 69.2 Å². The van der Waals surface area contributed by atoms with Crippen molar-refractivity contribution >= 4 is 27.5 Å².